The minimum atomic E-state index is -0.268. The van der Waals surface area contributed by atoms with Crippen molar-refractivity contribution in [3.63, 3.8) is 0 Å². The molecule has 0 heterocycles. The minimum Gasteiger partial charge on any atom is -0.462 e. The summed E-state index contributed by atoms with van der Waals surface area (Å²) in [6.07, 6.45) is 6.83. The highest BCUT2D eigenvalue weighted by Gasteiger charge is 2.16. The highest BCUT2D eigenvalue weighted by molar-refractivity contribution is 9.09. The van der Waals surface area contributed by atoms with Gasteiger partial charge < -0.3 is 9.47 Å². The van der Waals surface area contributed by atoms with E-state index in [1.165, 1.54) is 6.92 Å². The van der Waals surface area contributed by atoms with Gasteiger partial charge in [-0.25, -0.2) is 0 Å². The first-order chi connectivity index (χ1) is 7.93. The summed E-state index contributed by atoms with van der Waals surface area (Å²) in [6.45, 7) is 5.76. The Kier molecular flexibility index (Phi) is 8.17. The Labute approximate surface area is 112 Å². The Hall–Kier alpha value is -0.610. The summed E-state index contributed by atoms with van der Waals surface area (Å²) < 4.78 is 10.2. The maximum Gasteiger partial charge on any atom is 0.302 e. The maximum absolute atomic E-state index is 10.6. The number of rotatable bonds is 7. The van der Waals surface area contributed by atoms with Crippen molar-refractivity contribution in [2.75, 3.05) is 19.0 Å². The molecule has 17 heavy (non-hydrogen) atoms. The molecular weight excluding hydrogens is 284 g/mol. The van der Waals surface area contributed by atoms with Crippen LogP contribution in [-0.4, -0.2) is 30.6 Å². The summed E-state index contributed by atoms with van der Waals surface area (Å²) in [5, 5.41) is 0.753. The first-order valence-electron chi connectivity index (χ1n) is 5.51. The highest BCUT2D eigenvalue weighted by atomic mass is 79.9. The van der Waals surface area contributed by atoms with Crippen molar-refractivity contribution in [3.8, 4) is 0 Å². The molecule has 3 nitrogen and oxygen atoms in total. The summed E-state index contributed by atoms with van der Waals surface area (Å²) in [5.41, 5.74) is 0.895. The fourth-order valence-corrected chi connectivity index (χ4v) is 1.46. The molecule has 0 rings (SSSR count). The first-order valence-corrected chi connectivity index (χ1v) is 6.63. The quantitative estimate of drug-likeness (QED) is 0.411. The molecule has 0 fully saturated rings. The van der Waals surface area contributed by atoms with Crippen molar-refractivity contribution in [2.45, 2.75) is 32.8 Å². The average molecular weight is 305 g/mol. The van der Waals surface area contributed by atoms with Crippen LogP contribution in [0, 0.1) is 0 Å². The Morgan fingerprint density at radius 1 is 1.41 bits per heavy atom. The molecule has 0 aliphatic carbocycles. The first kappa shape index (κ1) is 16.4. The van der Waals surface area contributed by atoms with Crippen LogP contribution >= 0.6 is 15.9 Å². The van der Waals surface area contributed by atoms with Crippen LogP contribution in [0.2, 0.25) is 0 Å². The third-order valence-electron chi connectivity index (χ3n) is 2.36. The van der Waals surface area contributed by atoms with Crippen LogP contribution < -0.4 is 0 Å². The monoisotopic (exact) mass is 304 g/mol. The van der Waals surface area contributed by atoms with Crippen LogP contribution in [0.15, 0.2) is 23.8 Å². The summed E-state index contributed by atoms with van der Waals surface area (Å²) >= 11 is 3.41. The molecule has 0 aromatic heterocycles. The van der Waals surface area contributed by atoms with Gasteiger partial charge in [0.25, 0.3) is 0 Å². The number of hydrogen-bond donors (Lipinski definition) is 0. The van der Waals surface area contributed by atoms with Crippen LogP contribution in [-0.2, 0) is 14.3 Å². The Morgan fingerprint density at radius 3 is 2.53 bits per heavy atom. The number of carbonyl (C=O) groups excluding carboxylic acids is 1. The van der Waals surface area contributed by atoms with Crippen LogP contribution in [0.3, 0.4) is 0 Å². The number of ether oxygens (including phenoxy) is 2. The Bertz CT molecular complexity index is 291. The number of halogens is 1. The third-order valence-corrected chi connectivity index (χ3v) is 3.47. The predicted molar refractivity (Wildman–Crippen MR) is 73.4 cm³/mol. The van der Waals surface area contributed by atoms with Gasteiger partial charge in [-0.2, -0.15) is 0 Å². The van der Waals surface area contributed by atoms with E-state index >= 15 is 0 Å². The molecule has 0 saturated heterocycles. The Balaban J connectivity index is 4.09. The molecule has 0 aromatic carbocycles. The molecule has 0 aromatic rings. The summed E-state index contributed by atoms with van der Waals surface area (Å²) in [6, 6.07) is 0. The fraction of sp³-hybridized carbons (Fsp3) is 0.615. The van der Waals surface area contributed by atoms with E-state index in [0.29, 0.717) is 6.61 Å². The van der Waals surface area contributed by atoms with E-state index in [1.54, 1.807) is 7.11 Å². The highest BCUT2D eigenvalue weighted by Crippen LogP contribution is 2.15. The largest absolute Gasteiger partial charge is 0.462 e. The van der Waals surface area contributed by atoms with E-state index in [1.807, 2.05) is 26.0 Å². The van der Waals surface area contributed by atoms with Gasteiger partial charge in [0.05, 0.1) is 5.60 Å². The van der Waals surface area contributed by atoms with Crippen molar-refractivity contribution < 1.29 is 14.3 Å². The zero-order chi connectivity index (χ0) is 13.3. The van der Waals surface area contributed by atoms with E-state index in [0.717, 1.165) is 17.3 Å². The van der Waals surface area contributed by atoms with E-state index in [2.05, 4.69) is 22.0 Å². The molecule has 0 bridgehead atoms. The number of methoxy groups -OCH3 is 1. The molecule has 0 amide bonds. The van der Waals surface area contributed by atoms with Gasteiger partial charge in [-0.05, 0) is 26.3 Å². The molecule has 4 heteroatoms. The van der Waals surface area contributed by atoms with Crippen molar-refractivity contribution in [2.24, 2.45) is 0 Å². The Morgan fingerprint density at radius 2 is 2.06 bits per heavy atom. The number of hydrogen-bond acceptors (Lipinski definition) is 3. The van der Waals surface area contributed by atoms with Gasteiger partial charge in [0.1, 0.15) is 6.61 Å². The molecule has 1 unspecified atom stereocenters. The molecule has 0 spiro atoms. The zero-order valence-corrected chi connectivity index (χ0v) is 12.5. The molecule has 0 saturated carbocycles. The average Bonchev–Trinajstić information content (AvgIpc) is 2.28. The van der Waals surface area contributed by atoms with Crippen molar-refractivity contribution in [3.05, 3.63) is 23.8 Å². The van der Waals surface area contributed by atoms with Crippen LogP contribution in [0.1, 0.15) is 27.2 Å². The molecule has 0 N–H and O–H groups in total. The van der Waals surface area contributed by atoms with E-state index in [9.17, 15) is 4.79 Å². The van der Waals surface area contributed by atoms with E-state index < -0.39 is 0 Å². The summed E-state index contributed by atoms with van der Waals surface area (Å²) in [7, 11) is 1.69. The second-order valence-electron chi connectivity index (χ2n) is 4.11. The van der Waals surface area contributed by atoms with Gasteiger partial charge in [0.2, 0.25) is 0 Å². The number of carbonyl (C=O) groups is 1. The standard InChI is InChI=1S/C13H21BrO3/c1-11(7-9-17-12(2)15)6-5-8-13(3,10-14)16-4/h5,7-8H,6,9-10H2,1-4H3. The van der Waals surface area contributed by atoms with Gasteiger partial charge in [-0.3, -0.25) is 4.79 Å². The molecule has 98 valence electrons. The van der Waals surface area contributed by atoms with Crippen LogP contribution in [0.5, 0.6) is 0 Å². The lowest BCUT2D eigenvalue weighted by Gasteiger charge is -2.21. The van der Waals surface area contributed by atoms with Gasteiger partial charge in [-0.1, -0.05) is 33.7 Å². The lowest BCUT2D eigenvalue weighted by molar-refractivity contribution is -0.139. The lowest BCUT2D eigenvalue weighted by Crippen LogP contribution is -2.25. The number of alkyl halides is 1. The van der Waals surface area contributed by atoms with Crippen molar-refractivity contribution in [1.29, 1.82) is 0 Å². The third kappa shape index (κ3) is 8.16. The zero-order valence-electron chi connectivity index (χ0n) is 11.0. The summed E-state index contributed by atoms with van der Waals surface area (Å²) in [5.74, 6) is -0.254. The molecular formula is C13H21BrO3. The van der Waals surface area contributed by atoms with Crippen molar-refractivity contribution >= 4 is 21.9 Å². The van der Waals surface area contributed by atoms with Crippen LogP contribution in [0.25, 0.3) is 0 Å². The van der Waals surface area contributed by atoms with Gasteiger partial charge in [0, 0.05) is 19.4 Å². The number of allylic oxidation sites excluding steroid dienone is 2. The van der Waals surface area contributed by atoms with E-state index in [-0.39, 0.29) is 11.6 Å². The van der Waals surface area contributed by atoms with Crippen molar-refractivity contribution in [1.82, 2.24) is 0 Å². The SMILES string of the molecule is COC(C)(C=CCC(C)=CCOC(C)=O)CBr. The summed E-state index contributed by atoms with van der Waals surface area (Å²) in [4.78, 5) is 10.6. The molecule has 1 atom stereocenters. The predicted octanol–water partition coefficient (Wildman–Crippen LogP) is 3.24. The van der Waals surface area contributed by atoms with Crippen LogP contribution in [0.4, 0.5) is 0 Å². The fourth-order valence-electron chi connectivity index (χ4n) is 1.05. The van der Waals surface area contributed by atoms with Gasteiger partial charge in [-0.15, -0.1) is 0 Å². The molecule has 0 aliphatic rings. The second-order valence-corrected chi connectivity index (χ2v) is 4.67. The number of esters is 1. The lowest BCUT2D eigenvalue weighted by atomic mass is 10.1. The molecule has 0 radical (unpaired) electrons. The van der Waals surface area contributed by atoms with Gasteiger partial charge >= 0.3 is 5.97 Å². The maximum atomic E-state index is 10.6. The second kappa shape index (κ2) is 8.48. The molecule has 0 aliphatic heterocycles. The van der Waals surface area contributed by atoms with E-state index in [4.69, 9.17) is 9.47 Å². The topological polar surface area (TPSA) is 35.5 Å². The minimum absolute atomic E-state index is 0.254. The van der Waals surface area contributed by atoms with Gasteiger partial charge in [0.15, 0.2) is 0 Å². The normalized spacial score (nSPS) is 15.9. The smallest absolute Gasteiger partial charge is 0.302 e.